The first-order valence-electron chi connectivity index (χ1n) is 6.01. The van der Waals surface area contributed by atoms with E-state index in [9.17, 15) is 0 Å². The van der Waals surface area contributed by atoms with Gasteiger partial charge in [-0.15, -0.1) is 11.3 Å². The molecule has 17 heavy (non-hydrogen) atoms. The molecule has 0 aliphatic carbocycles. The maximum absolute atomic E-state index is 5.72. The van der Waals surface area contributed by atoms with Gasteiger partial charge in [-0.2, -0.15) is 0 Å². The van der Waals surface area contributed by atoms with Crippen LogP contribution in [0.1, 0.15) is 12.8 Å². The van der Waals surface area contributed by atoms with Crippen molar-refractivity contribution in [3.8, 4) is 0 Å². The Labute approximate surface area is 104 Å². The molecule has 2 aromatic heterocycles. The van der Waals surface area contributed by atoms with Crippen LogP contribution in [0.5, 0.6) is 0 Å². The SMILES string of the molecule is NCC1CCN(c2ncnc3ccsc23)CC1. The van der Waals surface area contributed by atoms with Gasteiger partial charge in [-0.3, -0.25) is 0 Å². The van der Waals surface area contributed by atoms with Crippen molar-refractivity contribution in [2.75, 3.05) is 24.5 Å². The topological polar surface area (TPSA) is 55.0 Å². The fourth-order valence-electron chi connectivity index (χ4n) is 2.38. The highest BCUT2D eigenvalue weighted by Gasteiger charge is 2.20. The average Bonchev–Trinajstić information content (AvgIpc) is 2.87. The van der Waals surface area contributed by atoms with Gasteiger partial charge in [0.15, 0.2) is 0 Å². The molecule has 0 aromatic carbocycles. The number of hydrogen-bond donors (Lipinski definition) is 1. The summed E-state index contributed by atoms with van der Waals surface area (Å²) in [7, 11) is 0. The maximum Gasteiger partial charge on any atom is 0.150 e. The standard InChI is InChI=1S/C12H16N4S/c13-7-9-1-4-16(5-2-9)12-11-10(3-6-17-11)14-8-15-12/h3,6,8-9H,1-2,4-5,7,13H2. The Balaban J connectivity index is 1.87. The zero-order chi connectivity index (χ0) is 11.7. The lowest BCUT2D eigenvalue weighted by atomic mass is 9.97. The summed E-state index contributed by atoms with van der Waals surface area (Å²) in [6, 6.07) is 2.05. The molecule has 0 unspecified atom stereocenters. The number of nitrogens with two attached hydrogens (primary N) is 1. The van der Waals surface area contributed by atoms with Gasteiger partial charge in [-0.1, -0.05) is 0 Å². The van der Waals surface area contributed by atoms with Crippen molar-refractivity contribution >= 4 is 27.4 Å². The lowest BCUT2D eigenvalue weighted by Gasteiger charge is -2.32. The van der Waals surface area contributed by atoms with E-state index in [2.05, 4.69) is 26.3 Å². The summed E-state index contributed by atoms with van der Waals surface area (Å²) in [5.74, 6) is 1.78. The van der Waals surface area contributed by atoms with Crippen molar-refractivity contribution < 1.29 is 0 Å². The van der Waals surface area contributed by atoms with Gasteiger partial charge >= 0.3 is 0 Å². The second-order valence-corrected chi connectivity index (χ2v) is 5.41. The molecular formula is C12H16N4S. The van der Waals surface area contributed by atoms with Crippen LogP contribution in [0.4, 0.5) is 5.82 Å². The van der Waals surface area contributed by atoms with Crippen molar-refractivity contribution in [1.29, 1.82) is 0 Å². The first-order valence-corrected chi connectivity index (χ1v) is 6.89. The van der Waals surface area contributed by atoms with Gasteiger partial charge in [-0.05, 0) is 36.8 Å². The van der Waals surface area contributed by atoms with Crippen LogP contribution in [-0.4, -0.2) is 29.6 Å². The molecule has 3 heterocycles. The normalized spacial score (nSPS) is 17.8. The third kappa shape index (κ3) is 2.00. The molecule has 4 nitrogen and oxygen atoms in total. The van der Waals surface area contributed by atoms with Gasteiger partial charge in [0.05, 0.1) is 10.2 Å². The van der Waals surface area contributed by atoms with Crippen LogP contribution < -0.4 is 10.6 Å². The second-order valence-electron chi connectivity index (χ2n) is 4.50. The summed E-state index contributed by atoms with van der Waals surface area (Å²) >= 11 is 1.72. The van der Waals surface area contributed by atoms with E-state index in [0.717, 1.165) is 31.0 Å². The summed E-state index contributed by atoms with van der Waals surface area (Å²) in [4.78, 5) is 11.1. The lowest BCUT2D eigenvalue weighted by molar-refractivity contribution is 0.413. The van der Waals surface area contributed by atoms with E-state index in [-0.39, 0.29) is 0 Å². The summed E-state index contributed by atoms with van der Waals surface area (Å²) < 4.78 is 1.21. The Morgan fingerprint density at radius 3 is 2.94 bits per heavy atom. The van der Waals surface area contributed by atoms with Crippen LogP contribution in [0.2, 0.25) is 0 Å². The van der Waals surface area contributed by atoms with E-state index in [1.165, 1.54) is 17.5 Å². The average molecular weight is 248 g/mol. The van der Waals surface area contributed by atoms with Crippen LogP contribution >= 0.6 is 11.3 Å². The molecule has 5 heteroatoms. The fourth-order valence-corrected chi connectivity index (χ4v) is 3.24. The number of hydrogen-bond acceptors (Lipinski definition) is 5. The highest BCUT2D eigenvalue weighted by molar-refractivity contribution is 7.17. The fraction of sp³-hybridized carbons (Fsp3) is 0.500. The largest absolute Gasteiger partial charge is 0.355 e. The highest BCUT2D eigenvalue weighted by atomic mass is 32.1. The summed E-state index contributed by atoms with van der Waals surface area (Å²) in [5, 5.41) is 2.08. The lowest BCUT2D eigenvalue weighted by Crippen LogP contribution is -2.36. The number of fused-ring (bicyclic) bond motifs is 1. The summed E-state index contributed by atoms with van der Waals surface area (Å²) in [6.07, 6.45) is 4.01. The van der Waals surface area contributed by atoms with Gasteiger partial charge in [-0.25, -0.2) is 9.97 Å². The number of nitrogens with zero attached hydrogens (tertiary/aromatic N) is 3. The first-order chi connectivity index (χ1) is 8.38. The molecule has 2 N–H and O–H groups in total. The number of rotatable bonds is 2. The van der Waals surface area contributed by atoms with E-state index in [1.54, 1.807) is 17.7 Å². The second kappa shape index (κ2) is 4.58. The van der Waals surface area contributed by atoms with Gasteiger partial charge in [0.2, 0.25) is 0 Å². The third-order valence-electron chi connectivity index (χ3n) is 3.47. The van der Waals surface area contributed by atoms with Gasteiger partial charge < -0.3 is 10.6 Å². The molecule has 0 spiro atoms. The summed E-state index contributed by atoms with van der Waals surface area (Å²) in [6.45, 7) is 2.93. The first kappa shape index (κ1) is 10.9. The minimum atomic E-state index is 0.687. The Bertz CT molecular complexity index is 502. The zero-order valence-corrected chi connectivity index (χ0v) is 10.5. The van der Waals surface area contributed by atoms with Crippen molar-refractivity contribution in [3.63, 3.8) is 0 Å². The Morgan fingerprint density at radius 1 is 1.35 bits per heavy atom. The van der Waals surface area contributed by atoms with Crippen LogP contribution in [0, 0.1) is 5.92 Å². The van der Waals surface area contributed by atoms with Gasteiger partial charge in [0.25, 0.3) is 0 Å². The molecule has 0 atom stereocenters. The molecule has 1 saturated heterocycles. The molecule has 0 amide bonds. The van der Waals surface area contributed by atoms with Crippen LogP contribution in [0.25, 0.3) is 10.2 Å². The maximum atomic E-state index is 5.72. The molecule has 1 fully saturated rings. The zero-order valence-electron chi connectivity index (χ0n) is 9.67. The quantitative estimate of drug-likeness (QED) is 0.881. The number of thiophene rings is 1. The summed E-state index contributed by atoms with van der Waals surface area (Å²) in [5.41, 5.74) is 6.78. The molecule has 90 valence electrons. The van der Waals surface area contributed by atoms with E-state index in [0.29, 0.717) is 5.92 Å². The van der Waals surface area contributed by atoms with Crippen molar-refractivity contribution in [2.45, 2.75) is 12.8 Å². The number of piperidine rings is 1. The molecule has 2 aromatic rings. The number of aromatic nitrogens is 2. The van der Waals surface area contributed by atoms with Gasteiger partial charge in [0, 0.05) is 13.1 Å². The van der Waals surface area contributed by atoms with E-state index < -0.39 is 0 Å². The molecule has 1 aliphatic rings. The van der Waals surface area contributed by atoms with Crippen molar-refractivity contribution in [3.05, 3.63) is 17.8 Å². The molecule has 0 bridgehead atoms. The third-order valence-corrected chi connectivity index (χ3v) is 4.37. The molecule has 0 saturated carbocycles. The van der Waals surface area contributed by atoms with Crippen molar-refractivity contribution in [1.82, 2.24) is 9.97 Å². The predicted octanol–water partition coefficient (Wildman–Crippen LogP) is 1.87. The Hall–Kier alpha value is -1.20. The molecule has 0 radical (unpaired) electrons. The minimum absolute atomic E-state index is 0.687. The highest BCUT2D eigenvalue weighted by Crippen LogP contribution is 2.30. The van der Waals surface area contributed by atoms with E-state index in [4.69, 9.17) is 5.73 Å². The molecular weight excluding hydrogens is 232 g/mol. The smallest absolute Gasteiger partial charge is 0.150 e. The predicted molar refractivity (Wildman–Crippen MR) is 71.4 cm³/mol. The Kier molecular flexibility index (Phi) is 2.94. The molecule has 1 aliphatic heterocycles. The minimum Gasteiger partial charge on any atom is -0.355 e. The van der Waals surface area contributed by atoms with Crippen LogP contribution in [-0.2, 0) is 0 Å². The number of anilines is 1. The van der Waals surface area contributed by atoms with E-state index >= 15 is 0 Å². The van der Waals surface area contributed by atoms with Crippen molar-refractivity contribution in [2.24, 2.45) is 11.7 Å². The van der Waals surface area contributed by atoms with Gasteiger partial charge in [0.1, 0.15) is 12.1 Å². The van der Waals surface area contributed by atoms with E-state index in [1.807, 2.05) is 0 Å². The van der Waals surface area contributed by atoms with Crippen LogP contribution in [0.15, 0.2) is 17.8 Å². The van der Waals surface area contributed by atoms with Crippen LogP contribution in [0.3, 0.4) is 0 Å². The Morgan fingerprint density at radius 2 is 2.18 bits per heavy atom. The molecule has 3 rings (SSSR count). The monoisotopic (exact) mass is 248 g/mol.